The van der Waals surface area contributed by atoms with Crippen molar-refractivity contribution in [2.45, 2.75) is 33.7 Å². The Labute approximate surface area is 111 Å². The first kappa shape index (κ1) is 13.1. The maximum absolute atomic E-state index is 13.2. The van der Waals surface area contributed by atoms with Gasteiger partial charge in [0.1, 0.15) is 10.8 Å². The molecule has 0 unspecified atom stereocenters. The van der Waals surface area contributed by atoms with Gasteiger partial charge in [-0.15, -0.1) is 11.3 Å². The van der Waals surface area contributed by atoms with Crippen LogP contribution in [-0.2, 0) is 0 Å². The zero-order valence-electron chi connectivity index (χ0n) is 11.1. The molecule has 0 aromatic carbocycles. The van der Waals surface area contributed by atoms with Crippen molar-refractivity contribution in [2.24, 2.45) is 0 Å². The number of hydrogen-bond donors (Lipinski definition) is 0. The molecule has 2 heterocycles. The molecule has 98 valence electrons. The van der Waals surface area contributed by atoms with Gasteiger partial charge in [0.05, 0.1) is 5.56 Å². The summed E-state index contributed by atoms with van der Waals surface area (Å²) >= 11 is 1.45. The highest BCUT2D eigenvalue weighted by atomic mass is 32.1. The lowest BCUT2D eigenvalue weighted by atomic mass is 10.1. The number of fused-ring (bicyclic) bond motifs is 1. The molecule has 0 saturated carbocycles. The van der Waals surface area contributed by atoms with Gasteiger partial charge in [-0.3, -0.25) is 14.6 Å². The summed E-state index contributed by atoms with van der Waals surface area (Å²) in [5.74, 6) is 0.350. The molecule has 0 spiro atoms. The number of thiophene rings is 1. The van der Waals surface area contributed by atoms with Crippen LogP contribution in [0, 0.1) is 13.8 Å². The fourth-order valence-corrected chi connectivity index (χ4v) is 3.34. The van der Waals surface area contributed by atoms with E-state index in [9.17, 15) is 9.18 Å². The Morgan fingerprint density at radius 2 is 2.00 bits per heavy atom. The zero-order valence-corrected chi connectivity index (χ0v) is 11.9. The summed E-state index contributed by atoms with van der Waals surface area (Å²) in [6.45, 7) is 10.9. The Hall–Kier alpha value is -1.36. The van der Waals surface area contributed by atoms with E-state index in [1.165, 1.54) is 16.2 Å². The van der Waals surface area contributed by atoms with Crippen LogP contribution in [-0.4, -0.2) is 23.6 Å². The molecule has 5 heteroatoms. The maximum Gasteiger partial charge on any atom is 0.262 e. The fraction of sp³-hybridized carbons (Fsp3) is 0.462. The predicted octanol–water partition coefficient (Wildman–Crippen LogP) is 3.43. The van der Waals surface area contributed by atoms with Crippen LogP contribution in [0.1, 0.15) is 34.6 Å². The van der Waals surface area contributed by atoms with Crippen molar-refractivity contribution < 1.29 is 9.18 Å². The highest BCUT2D eigenvalue weighted by Crippen LogP contribution is 2.42. The van der Waals surface area contributed by atoms with Crippen molar-refractivity contribution in [3.05, 3.63) is 28.4 Å². The summed E-state index contributed by atoms with van der Waals surface area (Å²) in [7, 11) is 0. The molecular weight excluding hydrogens is 251 g/mol. The van der Waals surface area contributed by atoms with E-state index in [-0.39, 0.29) is 11.9 Å². The average molecular weight is 268 g/mol. The number of nitrogens with zero attached hydrogens (tertiary/aromatic N) is 2. The lowest BCUT2D eigenvalue weighted by molar-refractivity contribution is 0.0751. The van der Waals surface area contributed by atoms with E-state index in [1.54, 1.807) is 4.90 Å². The van der Waals surface area contributed by atoms with Gasteiger partial charge in [0, 0.05) is 10.9 Å². The van der Waals surface area contributed by atoms with Gasteiger partial charge >= 0.3 is 0 Å². The summed E-state index contributed by atoms with van der Waals surface area (Å²) in [5, 5.41) is 0.680. The van der Waals surface area contributed by atoms with E-state index >= 15 is 0 Å². The Morgan fingerprint density at radius 1 is 1.39 bits per heavy atom. The van der Waals surface area contributed by atoms with Crippen molar-refractivity contribution in [1.82, 2.24) is 4.90 Å². The summed E-state index contributed by atoms with van der Waals surface area (Å²) < 4.78 is 13.2. The van der Waals surface area contributed by atoms with E-state index in [2.05, 4.69) is 6.58 Å². The molecule has 0 aliphatic carbocycles. The van der Waals surface area contributed by atoms with Crippen molar-refractivity contribution >= 4 is 22.2 Å². The number of anilines is 1. The molecule has 18 heavy (non-hydrogen) atoms. The van der Waals surface area contributed by atoms with Gasteiger partial charge in [-0.2, -0.15) is 0 Å². The third-order valence-corrected chi connectivity index (χ3v) is 4.50. The fourth-order valence-electron chi connectivity index (χ4n) is 2.19. The first-order chi connectivity index (χ1) is 8.40. The van der Waals surface area contributed by atoms with Crippen LogP contribution in [0.25, 0.3) is 0 Å². The Bertz CT molecular complexity index is 521. The molecule has 1 aromatic rings. The van der Waals surface area contributed by atoms with E-state index in [1.807, 2.05) is 27.7 Å². The summed E-state index contributed by atoms with van der Waals surface area (Å²) in [6, 6.07) is -0.0354. The van der Waals surface area contributed by atoms with Gasteiger partial charge in [-0.1, -0.05) is 6.58 Å². The molecular formula is C13H17FN2OS. The van der Waals surface area contributed by atoms with E-state index in [4.69, 9.17) is 0 Å². The SMILES string of the molecule is C=C1N(CF)c2sc(C)c(C)c2C(=O)N1C(C)C. The lowest BCUT2D eigenvalue weighted by Gasteiger charge is -2.38. The number of aryl methyl sites for hydroxylation is 1. The molecule has 0 bridgehead atoms. The molecule has 0 fully saturated rings. The topological polar surface area (TPSA) is 23.6 Å². The minimum Gasteiger partial charge on any atom is -0.292 e. The molecule has 0 radical (unpaired) electrons. The normalized spacial score (nSPS) is 15.7. The Morgan fingerprint density at radius 3 is 2.50 bits per heavy atom. The third-order valence-electron chi connectivity index (χ3n) is 3.27. The highest BCUT2D eigenvalue weighted by molar-refractivity contribution is 7.16. The predicted molar refractivity (Wildman–Crippen MR) is 72.7 cm³/mol. The molecule has 3 nitrogen and oxygen atoms in total. The van der Waals surface area contributed by atoms with Crippen molar-refractivity contribution in [1.29, 1.82) is 0 Å². The maximum atomic E-state index is 13.2. The molecule has 1 aromatic heterocycles. The number of amides is 1. The van der Waals surface area contributed by atoms with Crippen LogP contribution in [0.5, 0.6) is 0 Å². The number of carbonyl (C=O) groups is 1. The number of rotatable bonds is 2. The van der Waals surface area contributed by atoms with Crippen molar-refractivity contribution in [3.63, 3.8) is 0 Å². The molecule has 1 aliphatic heterocycles. The molecule has 1 amide bonds. The largest absolute Gasteiger partial charge is 0.292 e. The molecule has 0 atom stereocenters. The summed E-state index contributed by atoms with van der Waals surface area (Å²) in [5.41, 5.74) is 1.56. The molecule has 1 aliphatic rings. The summed E-state index contributed by atoms with van der Waals surface area (Å²) in [4.78, 5) is 16.6. The summed E-state index contributed by atoms with van der Waals surface area (Å²) in [6.07, 6.45) is 0. The number of alkyl halides is 1. The second kappa shape index (κ2) is 4.39. The van der Waals surface area contributed by atoms with Gasteiger partial charge in [-0.05, 0) is 33.3 Å². The molecule has 0 saturated heterocycles. The van der Waals surface area contributed by atoms with E-state index in [0.29, 0.717) is 16.4 Å². The monoisotopic (exact) mass is 268 g/mol. The Balaban J connectivity index is 2.64. The standard InChI is InChI=1S/C13H17FN2OS/c1-7(2)16-10(5)15(6-14)13-11(12(16)17)8(3)9(4)18-13/h7H,5-6H2,1-4H3. The van der Waals surface area contributed by atoms with Crippen LogP contribution in [0.4, 0.5) is 9.39 Å². The van der Waals surface area contributed by atoms with Crippen LogP contribution in [0.2, 0.25) is 0 Å². The number of halogens is 1. The third kappa shape index (κ3) is 1.65. The van der Waals surface area contributed by atoms with Gasteiger partial charge in [0.25, 0.3) is 5.91 Å². The number of carbonyl (C=O) groups excluding carboxylic acids is 1. The molecule has 0 N–H and O–H groups in total. The Kier molecular flexibility index (Phi) is 3.19. The second-order valence-corrected chi connectivity index (χ2v) is 5.90. The van der Waals surface area contributed by atoms with E-state index in [0.717, 1.165) is 10.4 Å². The first-order valence-corrected chi connectivity index (χ1v) is 6.67. The van der Waals surface area contributed by atoms with Crippen molar-refractivity contribution in [3.8, 4) is 0 Å². The quantitative estimate of drug-likeness (QED) is 0.767. The minimum absolute atomic E-state index is 0.0354. The van der Waals surface area contributed by atoms with Gasteiger partial charge in [0.2, 0.25) is 0 Å². The van der Waals surface area contributed by atoms with Crippen LogP contribution >= 0.6 is 11.3 Å². The van der Waals surface area contributed by atoms with Gasteiger partial charge in [-0.25, -0.2) is 4.39 Å². The average Bonchev–Trinajstić information content (AvgIpc) is 2.55. The minimum atomic E-state index is -0.665. The molecule has 2 rings (SSSR count). The lowest BCUT2D eigenvalue weighted by Crippen LogP contribution is -2.46. The smallest absolute Gasteiger partial charge is 0.262 e. The first-order valence-electron chi connectivity index (χ1n) is 5.86. The van der Waals surface area contributed by atoms with Crippen molar-refractivity contribution in [2.75, 3.05) is 11.7 Å². The van der Waals surface area contributed by atoms with Gasteiger partial charge < -0.3 is 0 Å². The highest BCUT2D eigenvalue weighted by Gasteiger charge is 2.37. The zero-order chi connectivity index (χ0) is 13.6. The van der Waals surface area contributed by atoms with Crippen LogP contribution < -0.4 is 4.90 Å². The second-order valence-electron chi connectivity index (χ2n) is 4.70. The van der Waals surface area contributed by atoms with Gasteiger partial charge in [0.15, 0.2) is 6.80 Å². The van der Waals surface area contributed by atoms with Crippen LogP contribution in [0.15, 0.2) is 12.4 Å². The van der Waals surface area contributed by atoms with Crippen LogP contribution in [0.3, 0.4) is 0 Å². The number of hydrogen-bond acceptors (Lipinski definition) is 3. The van der Waals surface area contributed by atoms with E-state index < -0.39 is 6.80 Å².